The number of hydrogen-bond donors (Lipinski definition) is 1. The molecule has 1 aliphatic rings. The highest BCUT2D eigenvalue weighted by molar-refractivity contribution is 6.28. The molecule has 21 heavy (non-hydrogen) atoms. The van der Waals surface area contributed by atoms with Crippen LogP contribution in [-0.2, 0) is 0 Å². The van der Waals surface area contributed by atoms with Gasteiger partial charge in [0.15, 0.2) is 0 Å². The molecule has 0 saturated carbocycles. The van der Waals surface area contributed by atoms with Gasteiger partial charge in [-0.25, -0.2) is 4.98 Å². The molecule has 0 spiro atoms. The van der Waals surface area contributed by atoms with Crippen LogP contribution >= 0.6 is 11.6 Å². The molecular weight excluding hydrogens is 296 g/mol. The number of nitrogens with zero attached hydrogens (tertiary/aromatic N) is 3. The Bertz CT molecular complexity index is 723. The fraction of sp³-hybridized carbons (Fsp3) is 0.231. The number of hydrogen-bond acceptors (Lipinski definition) is 6. The Hall–Kier alpha value is -2.41. The summed E-state index contributed by atoms with van der Waals surface area (Å²) in [4.78, 5) is 18.4. The molecule has 1 aliphatic heterocycles. The van der Waals surface area contributed by atoms with Crippen LogP contribution in [0.5, 0.6) is 5.75 Å². The minimum Gasteiger partial charge on any atom is -0.491 e. The number of ether oxygens (including phenoxy) is 1. The van der Waals surface area contributed by atoms with Crippen LogP contribution in [0, 0.1) is 17.0 Å². The lowest BCUT2D eigenvalue weighted by molar-refractivity contribution is -0.385. The molecule has 8 heteroatoms. The van der Waals surface area contributed by atoms with Gasteiger partial charge in [0.25, 0.3) is 0 Å². The van der Waals surface area contributed by atoms with Gasteiger partial charge in [0.05, 0.1) is 11.0 Å². The van der Waals surface area contributed by atoms with Crippen LogP contribution in [0.1, 0.15) is 17.3 Å². The van der Waals surface area contributed by atoms with Gasteiger partial charge in [-0.2, -0.15) is 4.98 Å². The quantitative estimate of drug-likeness (QED) is 0.532. The van der Waals surface area contributed by atoms with Crippen molar-refractivity contribution in [1.82, 2.24) is 9.97 Å². The number of benzene rings is 1. The van der Waals surface area contributed by atoms with Crippen LogP contribution in [-0.4, -0.2) is 21.5 Å². The fourth-order valence-electron chi connectivity index (χ4n) is 2.30. The zero-order valence-electron chi connectivity index (χ0n) is 11.0. The summed E-state index contributed by atoms with van der Waals surface area (Å²) in [6, 6.07) is 7.29. The molecule has 0 aliphatic carbocycles. The third kappa shape index (κ3) is 2.47. The zero-order valence-corrected chi connectivity index (χ0v) is 11.8. The first-order valence-corrected chi connectivity index (χ1v) is 6.61. The Kier molecular flexibility index (Phi) is 3.34. The summed E-state index contributed by atoms with van der Waals surface area (Å²) in [7, 11) is 0. The third-order valence-electron chi connectivity index (χ3n) is 3.22. The molecule has 0 saturated heterocycles. The maximum atomic E-state index is 11.2. The molecule has 1 aromatic heterocycles. The molecule has 1 aromatic carbocycles. The normalized spacial score (nSPS) is 16.2. The van der Waals surface area contributed by atoms with Crippen molar-refractivity contribution in [3.05, 3.63) is 50.9 Å². The SMILES string of the molecule is Cc1nc(Cl)nc(NC2COc3ccccc32)c1[N+](=O)[O-]. The van der Waals surface area contributed by atoms with Crippen molar-refractivity contribution >= 4 is 23.1 Å². The highest BCUT2D eigenvalue weighted by Crippen LogP contribution is 2.36. The molecule has 2 heterocycles. The van der Waals surface area contributed by atoms with Gasteiger partial charge in [0, 0.05) is 5.56 Å². The molecule has 1 unspecified atom stereocenters. The summed E-state index contributed by atoms with van der Waals surface area (Å²) in [6.07, 6.45) is 0. The van der Waals surface area contributed by atoms with E-state index >= 15 is 0 Å². The summed E-state index contributed by atoms with van der Waals surface area (Å²) in [5.74, 6) is 0.859. The highest BCUT2D eigenvalue weighted by Gasteiger charge is 2.28. The number of anilines is 1. The number of nitrogens with one attached hydrogen (secondary N) is 1. The Labute approximate surface area is 125 Å². The van der Waals surface area contributed by atoms with E-state index in [-0.39, 0.29) is 28.5 Å². The fourth-order valence-corrected chi connectivity index (χ4v) is 2.51. The molecule has 1 atom stereocenters. The summed E-state index contributed by atoms with van der Waals surface area (Å²) in [6.45, 7) is 1.90. The smallest absolute Gasteiger partial charge is 0.332 e. The first-order chi connectivity index (χ1) is 10.1. The van der Waals surface area contributed by atoms with Crippen molar-refractivity contribution in [3.63, 3.8) is 0 Å². The van der Waals surface area contributed by atoms with Gasteiger partial charge >= 0.3 is 5.69 Å². The maximum Gasteiger partial charge on any atom is 0.332 e. The van der Waals surface area contributed by atoms with Gasteiger partial charge in [-0.1, -0.05) is 18.2 Å². The van der Waals surface area contributed by atoms with Gasteiger partial charge in [0.2, 0.25) is 11.1 Å². The van der Waals surface area contributed by atoms with Gasteiger partial charge < -0.3 is 10.1 Å². The number of para-hydroxylation sites is 1. The van der Waals surface area contributed by atoms with E-state index in [4.69, 9.17) is 16.3 Å². The van der Waals surface area contributed by atoms with Gasteiger partial charge in [0.1, 0.15) is 18.1 Å². The second-order valence-corrected chi connectivity index (χ2v) is 4.92. The second kappa shape index (κ2) is 5.17. The minimum absolute atomic E-state index is 0.0344. The lowest BCUT2D eigenvalue weighted by Gasteiger charge is -2.13. The van der Waals surface area contributed by atoms with Crippen molar-refractivity contribution in [2.45, 2.75) is 13.0 Å². The molecular formula is C13H11ClN4O3. The topological polar surface area (TPSA) is 90.2 Å². The van der Waals surface area contributed by atoms with E-state index in [9.17, 15) is 10.1 Å². The standard InChI is InChI=1S/C13H11ClN4O3/c1-7-11(18(19)20)12(17-13(14)15-7)16-9-6-21-10-5-3-2-4-8(9)10/h2-5,9H,6H2,1H3,(H,15,16,17). The Balaban J connectivity index is 1.98. The van der Waals surface area contributed by atoms with Crippen LogP contribution in [0.15, 0.2) is 24.3 Å². The number of halogens is 1. The zero-order chi connectivity index (χ0) is 15.0. The monoisotopic (exact) mass is 306 g/mol. The lowest BCUT2D eigenvalue weighted by atomic mass is 10.1. The van der Waals surface area contributed by atoms with E-state index in [1.54, 1.807) is 0 Å². The van der Waals surface area contributed by atoms with Crippen LogP contribution in [0.2, 0.25) is 5.28 Å². The Morgan fingerprint density at radius 2 is 2.19 bits per heavy atom. The van der Waals surface area contributed by atoms with Crippen LogP contribution < -0.4 is 10.1 Å². The minimum atomic E-state index is -0.518. The van der Waals surface area contributed by atoms with Crippen molar-refractivity contribution in [3.8, 4) is 5.75 Å². The summed E-state index contributed by atoms with van der Waals surface area (Å²) in [5, 5.41) is 14.2. The Morgan fingerprint density at radius 1 is 1.43 bits per heavy atom. The first-order valence-electron chi connectivity index (χ1n) is 6.23. The van der Waals surface area contributed by atoms with Crippen molar-refractivity contribution in [2.75, 3.05) is 11.9 Å². The van der Waals surface area contributed by atoms with E-state index in [1.807, 2.05) is 24.3 Å². The lowest BCUT2D eigenvalue weighted by Crippen LogP contribution is -2.15. The van der Waals surface area contributed by atoms with Gasteiger partial charge in [-0.15, -0.1) is 0 Å². The highest BCUT2D eigenvalue weighted by atomic mass is 35.5. The number of nitro groups is 1. The third-order valence-corrected chi connectivity index (χ3v) is 3.39. The number of fused-ring (bicyclic) bond motifs is 1. The largest absolute Gasteiger partial charge is 0.491 e. The molecule has 0 bridgehead atoms. The van der Waals surface area contributed by atoms with Crippen LogP contribution in [0.25, 0.3) is 0 Å². The van der Waals surface area contributed by atoms with Gasteiger partial charge in [-0.05, 0) is 24.6 Å². The molecule has 1 N–H and O–H groups in total. The van der Waals surface area contributed by atoms with Crippen molar-refractivity contribution in [2.24, 2.45) is 0 Å². The van der Waals surface area contributed by atoms with Gasteiger partial charge in [-0.3, -0.25) is 10.1 Å². The summed E-state index contributed by atoms with van der Waals surface area (Å²) >= 11 is 5.80. The number of aryl methyl sites for hydroxylation is 1. The molecule has 0 amide bonds. The average molecular weight is 307 g/mol. The van der Waals surface area contributed by atoms with Crippen LogP contribution in [0.3, 0.4) is 0 Å². The predicted octanol–water partition coefficient (Wildman–Crippen LogP) is 2.89. The van der Waals surface area contributed by atoms with E-state index < -0.39 is 4.92 Å². The number of aromatic nitrogens is 2. The molecule has 7 nitrogen and oxygen atoms in total. The van der Waals surface area contributed by atoms with Crippen LogP contribution in [0.4, 0.5) is 11.5 Å². The second-order valence-electron chi connectivity index (χ2n) is 4.58. The first kappa shape index (κ1) is 13.6. The molecule has 0 radical (unpaired) electrons. The molecule has 2 aromatic rings. The summed E-state index contributed by atoms with van der Waals surface area (Å²) in [5.41, 5.74) is 0.970. The molecule has 108 valence electrons. The van der Waals surface area contributed by atoms with E-state index in [0.29, 0.717) is 6.61 Å². The average Bonchev–Trinajstić information content (AvgIpc) is 2.81. The van der Waals surface area contributed by atoms with E-state index in [0.717, 1.165) is 11.3 Å². The molecule has 0 fully saturated rings. The van der Waals surface area contributed by atoms with Crippen molar-refractivity contribution in [1.29, 1.82) is 0 Å². The van der Waals surface area contributed by atoms with Crippen molar-refractivity contribution < 1.29 is 9.66 Å². The van der Waals surface area contributed by atoms with E-state index in [1.165, 1.54) is 6.92 Å². The predicted molar refractivity (Wildman–Crippen MR) is 76.7 cm³/mol. The Morgan fingerprint density at radius 3 is 2.95 bits per heavy atom. The summed E-state index contributed by atoms with van der Waals surface area (Å²) < 4.78 is 5.54. The number of rotatable bonds is 3. The molecule has 3 rings (SSSR count). The van der Waals surface area contributed by atoms with E-state index in [2.05, 4.69) is 15.3 Å². The maximum absolute atomic E-state index is 11.2.